The smallest absolute Gasteiger partial charge is 0.122 e. The maximum absolute atomic E-state index is 5.92. The van der Waals surface area contributed by atoms with Crippen LogP contribution in [0.2, 0.25) is 0 Å². The molecule has 0 amide bonds. The van der Waals surface area contributed by atoms with Gasteiger partial charge in [0.1, 0.15) is 12.4 Å². The lowest BCUT2D eigenvalue weighted by molar-refractivity contribution is 0.302. The molecular weight excluding hydrogens is 234 g/mol. The Morgan fingerprint density at radius 3 is 2.37 bits per heavy atom. The van der Waals surface area contributed by atoms with Crippen molar-refractivity contribution >= 4 is 0 Å². The van der Waals surface area contributed by atoms with Gasteiger partial charge in [0.15, 0.2) is 0 Å². The van der Waals surface area contributed by atoms with Crippen LogP contribution in [0.5, 0.6) is 5.75 Å². The fraction of sp³-hybridized carbons (Fsp3) is 0.294. The molecule has 2 aromatic carbocycles. The fourth-order valence-electron chi connectivity index (χ4n) is 2.05. The summed E-state index contributed by atoms with van der Waals surface area (Å²) in [6.45, 7) is 1.38. The van der Waals surface area contributed by atoms with Gasteiger partial charge in [-0.1, -0.05) is 48.5 Å². The Kier molecular flexibility index (Phi) is 5.45. The molecule has 0 radical (unpaired) electrons. The molecule has 0 aromatic heterocycles. The van der Waals surface area contributed by atoms with E-state index in [1.54, 1.807) is 0 Å². The van der Waals surface area contributed by atoms with E-state index in [1.807, 2.05) is 30.3 Å². The van der Waals surface area contributed by atoms with Crippen LogP contribution < -0.4 is 10.5 Å². The van der Waals surface area contributed by atoms with Crippen LogP contribution in [-0.2, 0) is 13.0 Å². The van der Waals surface area contributed by atoms with Crippen molar-refractivity contribution in [1.29, 1.82) is 0 Å². The minimum atomic E-state index is 0.620. The molecule has 100 valence electrons. The Morgan fingerprint density at radius 2 is 1.58 bits per heavy atom. The van der Waals surface area contributed by atoms with Gasteiger partial charge in [-0.3, -0.25) is 0 Å². The highest BCUT2D eigenvalue weighted by molar-refractivity contribution is 5.33. The Hall–Kier alpha value is -1.80. The maximum atomic E-state index is 5.92. The predicted molar refractivity (Wildman–Crippen MR) is 79.2 cm³/mol. The molecule has 0 fully saturated rings. The van der Waals surface area contributed by atoms with Crippen molar-refractivity contribution in [2.45, 2.75) is 25.9 Å². The first-order valence-corrected chi connectivity index (χ1v) is 6.85. The summed E-state index contributed by atoms with van der Waals surface area (Å²) in [5, 5.41) is 0. The summed E-state index contributed by atoms with van der Waals surface area (Å²) in [5.74, 6) is 0.989. The van der Waals surface area contributed by atoms with E-state index in [-0.39, 0.29) is 0 Å². The molecule has 0 aliphatic rings. The highest BCUT2D eigenvalue weighted by Crippen LogP contribution is 2.21. The van der Waals surface area contributed by atoms with Gasteiger partial charge in [-0.15, -0.1) is 0 Å². The van der Waals surface area contributed by atoms with Gasteiger partial charge in [0.25, 0.3) is 0 Å². The Balaban J connectivity index is 1.95. The second-order valence-electron chi connectivity index (χ2n) is 4.63. The fourth-order valence-corrected chi connectivity index (χ4v) is 2.05. The quantitative estimate of drug-likeness (QED) is 0.768. The number of nitrogens with two attached hydrogens (primary N) is 1. The zero-order chi connectivity index (χ0) is 13.3. The number of hydrogen-bond donors (Lipinski definition) is 1. The number of ether oxygens (including phenoxy) is 1. The summed E-state index contributed by atoms with van der Waals surface area (Å²) < 4.78 is 5.92. The predicted octanol–water partition coefficient (Wildman–Crippen LogP) is 3.55. The molecule has 19 heavy (non-hydrogen) atoms. The van der Waals surface area contributed by atoms with Crippen LogP contribution in [0.1, 0.15) is 24.0 Å². The van der Waals surface area contributed by atoms with Crippen LogP contribution in [0.4, 0.5) is 0 Å². The summed E-state index contributed by atoms with van der Waals surface area (Å²) >= 11 is 0. The molecule has 0 atom stereocenters. The van der Waals surface area contributed by atoms with E-state index in [1.165, 1.54) is 11.1 Å². The van der Waals surface area contributed by atoms with Gasteiger partial charge < -0.3 is 10.5 Å². The van der Waals surface area contributed by atoms with Crippen molar-refractivity contribution in [1.82, 2.24) is 0 Å². The van der Waals surface area contributed by atoms with E-state index in [0.717, 1.165) is 31.6 Å². The average molecular weight is 255 g/mol. The lowest BCUT2D eigenvalue weighted by atomic mass is 10.1. The van der Waals surface area contributed by atoms with Gasteiger partial charge in [0, 0.05) is 0 Å². The molecule has 0 saturated carbocycles. The van der Waals surface area contributed by atoms with Crippen molar-refractivity contribution < 1.29 is 4.74 Å². The highest BCUT2D eigenvalue weighted by Gasteiger charge is 2.03. The summed E-state index contributed by atoms with van der Waals surface area (Å²) in [4.78, 5) is 0. The molecule has 0 bridgehead atoms. The first-order valence-electron chi connectivity index (χ1n) is 6.85. The third kappa shape index (κ3) is 4.42. The molecule has 2 heteroatoms. The van der Waals surface area contributed by atoms with E-state index in [0.29, 0.717) is 6.61 Å². The SMILES string of the molecule is NCCCCc1ccccc1OCc1ccccc1. The van der Waals surface area contributed by atoms with E-state index >= 15 is 0 Å². The topological polar surface area (TPSA) is 35.2 Å². The van der Waals surface area contributed by atoms with Crippen molar-refractivity contribution in [2.75, 3.05) is 6.54 Å². The summed E-state index contributed by atoms with van der Waals surface area (Å²) in [6, 6.07) is 18.5. The van der Waals surface area contributed by atoms with Crippen LogP contribution in [0.25, 0.3) is 0 Å². The van der Waals surface area contributed by atoms with Crippen molar-refractivity contribution in [2.24, 2.45) is 5.73 Å². The summed E-state index contributed by atoms with van der Waals surface area (Å²) in [6.07, 6.45) is 3.21. The van der Waals surface area contributed by atoms with E-state index < -0.39 is 0 Å². The molecule has 0 heterocycles. The minimum Gasteiger partial charge on any atom is -0.489 e. The Bertz CT molecular complexity index is 482. The molecule has 2 nitrogen and oxygen atoms in total. The molecule has 2 rings (SSSR count). The van der Waals surface area contributed by atoms with Crippen LogP contribution in [-0.4, -0.2) is 6.54 Å². The van der Waals surface area contributed by atoms with Gasteiger partial charge in [0.2, 0.25) is 0 Å². The number of para-hydroxylation sites is 1. The standard InChI is InChI=1S/C17H21NO/c18-13-7-6-11-16-10-4-5-12-17(16)19-14-15-8-2-1-3-9-15/h1-5,8-10,12H,6-7,11,13-14,18H2. The van der Waals surface area contributed by atoms with Crippen molar-refractivity contribution in [3.8, 4) is 5.75 Å². The first-order chi connectivity index (χ1) is 9.40. The lowest BCUT2D eigenvalue weighted by Crippen LogP contribution is -2.01. The largest absolute Gasteiger partial charge is 0.489 e. The zero-order valence-corrected chi connectivity index (χ0v) is 11.2. The molecule has 2 N–H and O–H groups in total. The minimum absolute atomic E-state index is 0.620. The van der Waals surface area contributed by atoms with Gasteiger partial charge in [-0.25, -0.2) is 0 Å². The summed E-state index contributed by atoms with van der Waals surface area (Å²) in [5.41, 5.74) is 8.00. The van der Waals surface area contributed by atoms with E-state index in [9.17, 15) is 0 Å². The van der Waals surface area contributed by atoms with Crippen molar-refractivity contribution in [3.63, 3.8) is 0 Å². The second kappa shape index (κ2) is 7.59. The van der Waals surface area contributed by atoms with Crippen LogP contribution in [0.3, 0.4) is 0 Å². The van der Waals surface area contributed by atoms with Gasteiger partial charge >= 0.3 is 0 Å². The zero-order valence-electron chi connectivity index (χ0n) is 11.2. The first kappa shape index (κ1) is 13.6. The number of hydrogen-bond acceptors (Lipinski definition) is 2. The monoisotopic (exact) mass is 255 g/mol. The molecule has 0 saturated heterocycles. The van der Waals surface area contributed by atoms with E-state index in [2.05, 4.69) is 24.3 Å². The highest BCUT2D eigenvalue weighted by atomic mass is 16.5. The Labute approximate surface area is 115 Å². The van der Waals surface area contributed by atoms with Crippen LogP contribution >= 0.6 is 0 Å². The number of benzene rings is 2. The van der Waals surface area contributed by atoms with Gasteiger partial charge in [-0.05, 0) is 43.0 Å². The summed E-state index contributed by atoms with van der Waals surface area (Å²) in [7, 11) is 0. The van der Waals surface area contributed by atoms with Gasteiger partial charge in [0.05, 0.1) is 0 Å². The lowest BCUT2D eigenvalue weighted by Gasteiger charge is -2.11. The number of rotatable bonds is 7. The van der Waals surface area contributed by atoms with Crippen molar-refractivity contribution in [3.05, 3.63) is 65.7 Å². The number of aryl methyl sites for hydroxylation is 1. The normalized spacial score (nSPS) is 10.4. The maximum Gasteiger partial charge on any atom is 0.122 e. The van der Waals surface area contributed by atoms with Gasteiger partial charge in [-0.2, -0.15) is 0 Å². The van der Waals surface area contributed by atoms with Crippen LogP contribution in [0.15, 0.2) is 54.6 Å². The molecule has 2 aromatic rings. The molecule has 0 aliphatic heterocycles. The molecule has 0 spiro atoms. The molecule has 0 unspecified atom stereocenters. The number of unbranched alkanes of at least 4 members (excludes halogenated alkanes) is 1. The van der Waals surface area contributed by atoms with Crippen LogP contribution in [0, 0.1) is 0 Å². The third-order valence-corrected chi connectivity index (χ3v) is 3.11. The third-order valence-electron chi connectivity index (χ3n) is 3.11. The van der Waals surface area contributed by atoms with E-state index in [4.69, 9.17) is 10.5 Å². The molecule has 0 aliphatic carbocycles. The Morgan fingerprint density at radius 1 is 0.842 bits per heavy atom. The molecular formula is C17H21NO. The average Bonchev–Trinajstić information content (AvgIpc) is 2.48. The second-order valence-corrected chi connectivity index (χ2v) is 4.63.